The molecule has 0 fully saturated rings. The number of halogens is 1. The van der Waals surface area contributed by atoms with Crippen LogP contribution in [0.4, 0.5) is 22.0 Å². The molecule has 0 amide bonds. The number of rotatable bonds is 5. The third-order valence-corrected chi connectivity index (χ3v) is 5.72. The summed E-state index contributed by atoms with van der Waals surface area (Å²) in [6, 6.07) is 11.2. The van der Waals surface area contributed by atoms with Gasteiger partial charge in [0.25, 0.3) is 0 Å². The molecule has 0 spiro atoms. The van der Waals surface area contributed by atoms with Crippen LogP contribution in [-0.4, -0.2) is 29.4 Å². The van der Waals surface area contributed by atoms with Crippen molar-refractivity contribution in [3.05, 3.63) is 65.7 Å². The first kappa shape index (κ1) is 19.2. The van der Waals surface area contributed by atoms with Gasteiger partial charge in [0.2, 0.25) is 21.9 Å². The summed E-state index contributed by atoms with van der Waals surface area (Å²) in [5.74, 6) is 0.413. The molecule has 1 aliphatic rings. The lowest BCUT2D eigenvalue weighted by molar-refractivity contribution is 0.596. The quantitative estimate of drug-likeness (QED) is 0.659. The molecule has 1 aromatic heterocycles. The van der Waals surface area contributed by atoms with Gasteiger partial charge in [0.05, 0.1) is 4.90 Å². The smallest absolute Gasteiger partial charge is 0.238 e. The van der Waals surface area contributed by atoms with Gasteiger partial charge in [-0.1, -0.05) is 18.2 Å². The molecule has 3 N–H and O–H groups in total. The van der Waals surface area contributed by atoms with Crippen molar-refractivity contribution in [2.24, 2.45) is 5.14 Å². The highest BCUT2D eigenvalue weighted by Gasteiger charge is 2.33. The molecule has 2 heterocycles. The Bertz CT molecular complexity index is 1170. The molecule has 1 aliphatic heterocycles. The van der Waals surface area contributed by atoms with E-state index in [-0.39, 0.29) is 16.8 Å². The zero-order valence-electron chi connectivity index (χ0n) is 15.6. The summed E-state index contributed by atoms with van der Waals surface area (Å²) >= 11 is 0. The molecule has 8 nitrogen and oxygen atoms in total. The van der Waals surface area contributed by atoms with Crippen molar-refractivity contribution in [1.29, 1.82) is 0 Å². The Morgan fingerprint density at radius 3 is 2.79 bits per heavy atom. The van der Waals surface area contributed by atoms with Crippen LogP contribution < -0.4 is 15.4 Å². The predicted octanol–water partition coefficient (Wildman–Crippen LogP) is 2.35. The SMILES string of the molecule is CC1Cc2c(cccc2S(N)(=O)=O)N1c1ncnc(NCc2cccc(F)c2)n1. The van der Waals surface area contributed by atoms with Gasteiger partial charge in [-0.05, 0) is 48.7 Å². The predicted molar refractivity (Wildman–Crippen MR) is 107 cm³/mol. The molecule has 2 aromatic carbocycles. The van der Waals surface area contributed by atoms with Crippen LogP contribution in [0.1, 0.15) is 18.1 Å². The Morgan fingerprint density at radius 1 is 1.24 bits per heavy atom. The summed E-state index contributed by atoms with van der Waals surface area (Å²) in [6.45, 7) is 2.31. The van der Waals surface area contributed by atoms with Gasteiger partial charge in [-0.3, -0.25) is 0 Å². The van der Waals surface area contributed by atoms with Gasteiger partial charge in [-0.15, -0.1) is 0 Å². The van der Waals surface area contributed by atoms with E-state index < -0.39 is 10.0 Å². The Morgan fingerprint density at radius 2 is 2.03 bits per heavy atom. The molecule has 0 bridgehead atoms. The molecule has 4 rings (SSSR count). The third kappa shape index (κ3) is 3.89. The van der Waals surface area contributed by atoms with Crippen LogP contribution in [0, 0.1) is 5.82 Å². The highest BCUT2D eigenvalue weighted by molar-refractivity contribution is 7.89. The van der Waals surface area contributed by atoms with Crippen molar-refractivity contribution in [3.8, 4) is 0 Å². The fourth-order valence-electron chi connectivity index (χ4n) is 3.50. The second-order valence-electron chi connectivity index (χ2n) is 6.81. The van der Waals surface area contributed by atoms with Crippen LogP contribution in [0.25, 0.3) is 0 Å². The number of nitrogens with zero attached hydrogens (tertiary/aromatic N) is 4. The van der Waals surface area contributed by atoms with Crippen LogP contribution in [0.3, 0.4) is 0 Å². The van der Waals surface area contributed by atoms with Crippen molar-refractivity contribution >= 4 is 27.6 Å². The zero-order valence-corrected chi connectivity index (χ0v) is 16.4. The molecule has 0 saturated heterocycles. The number of hydrogen-bond acceptors (Lipinski definition) is 7. The lowest BCUT2D eigenvalue weighted by atomic mass is 10.1. The molecular weight excluding hydrogens is 395 g/mol. The molecule has 1 atom stereocenters. The van der Waals surface area contributed by atoms with Crippen molar-refractivity contribution in [2.75, 3.05) is 10.2 Å². The first-order valence-corrected chi connectivity index (χ1v) is 10.5. The normalized spacial score (nSPS) is 16.0. The van der Waals surface area contributed by atoms with E-state index >= 15 is 0 Å². The molecule has 29 heavy (non-hydrogen) atoms. The maximum Gasteiger partial charge on any atom is 0.238 e. The van der Waals surface area contributed by atoms with Gasteiger partial charge in [0.15, 0.2) is 0 Å². The van der Waals surface area contributed by atoms with E-state index in [4.69, 9.17) is 5.14 Å². The second kappa shape index (κ2) is 7.37. The minimum absolute atomic E-state index is 0.0635. The summed E-state index contributed by atoms with van der Waals surface area (Å²) in [6.07, 6.45) is 1.88. The van der Waals surface area contributed by atoms with E-state index in [0.29, 0.717) is 36.1 Å². The van der Waals surface area contributed by atoms with Gasteiger partial charge >= 0.3 is 0 Å². The van der Waals surface area contributed by atoms with E-state index in [9.17, 15) is 12.8 Å². The Kier molecular flexibility index (Phi) is 4.89. The van der Waals surface area contributed by atoms with Crippen LogP contribution >= 0.6 is 0 Å². The average Bonchev–Trinajstić information content (AvgIpc) is 3.01. The summed E-state index contributed by atoms with van der Waals surface area (Å²) in [7, 11) is -3.83. The molecule has 10 heteroatoms. The van der Waals surface area contributed by atoms with Gasteiger partial charge in [-0.25, -0.2) is 27.9 Å². The van der Waals surface area contributed by atoms with Gasteiger partial charge in [0, 0.05) is 18.3 Å². The average molecular weight is 414 g/mol. The fourth-order valence-corrected chi connectivity index (χ4v) is 4.30. The summed E-state index contributed by atoms with van der Waals surface area (Å²) in [5, 5.41) is 8.42. The number of nitrogens with one attached hydrogen (secondary N) is 1. The second-order valence-corrected chi connectivity index (χ2v) is 8.34. The van der Waals surface area contributed by atoms with E-state index in [1.807, 2.05) is 17.9 Å². The molecular formula is C19H19FN6O2S. The van der Waals surface area contributed by atoms with Gasteiger partial charge in [-0.2, -0.15) is 4.98 Å². The van der Waals surface area contributed by atoms with E-state index in [1.165, 1.54) is 24.5 Å². The molecule has 1 unspecified atom stereocenters. The lowest BCUT2D eigenvalue weighted by Gasteiger charge is -2.22. The molecule has 3 aromatic rings. The van der Waals surface area contributed by atoms with Gasteiger partial charge in [0.1, 0.15) is 12.1 Å². The number of hydrogen-bond donors (Lipinski definition) is 2. The van der Waals surface area contributed by atoms with Crippen molar-refractivity contribution in [2.45, 2.75) is 30.8 Å². The lowest BCUT2D eigenvalue weighted by Crippen LogP contribution is -2.26. The number of aromatic nitrogens is 3. The van der Waals surface area contributed by atoms with E-state index in [1.54, 1.807) is 18.2 Å². The number of benzene rings is 2. The largest absolute Gasteiger partial charge is 0.350 e. The molecule has 150 valence electrons. The number of sulfonamides is 1. The Hall–Kier alpha value is -3.11. The van der Waals surface area contributed by atoms with Crippen LogP contribution in [0.2, 0.25) is 0 Å². The van der Waals surface area contributed by atoms with Crippen LogP contribution in [0.5, 0.6) is 0 Å². The monoisotopic (exact) mass is 414 g/mol. The summed E-state index contributed by atoms with van der Waals surface area (Å²) in [5.41, 5.74) is 2.10. The van der Waals surface area contributed by atoms with Crippen molar-refractivity contribution in [3.63, 3.8) is 0 Å². The number of fused-ring (bicyclic) bond motifs is 1. The van der Waals surface area contributed by atoms with Crippen LogP contribution in [0.15, 0.2) is 53.7 Å². The highest BCUT2D eigenvalue weighted by atomic mass is 32.2. The standard InChI is InChI=1S/C19H19FN6O2S/c1-12-8-15-16(6-3-7-17(15)29(21,27)28)26(12)19-24-11-23-18(25-19)22-10-13-4-2-5-14(20)9-13/h2-7,9,11-12H,8,10H2,1H3,(H2,21,27,28)(H,22,23,24,25). The molecule has 0 saturated carbocycles. The van der Waals surface area contributed by atoms with Gasteiger partial charge < -0.3 is 10.2 Å². The van der Waals surface area contributed by atoms with Crippen molar-refractivity contribution < 1.29 is 12.8 Å². The Labute approximate surface area is 167 Å². The number of anilines is 3. The minimum atomic E-state index is -3.83. The zero-order chi connectivity index (χ0) is 20.6. The minimum Gasteiger partial charge on any atom is -0.350 e. The van der Waals surface area contributed by atoms with E-state index in [2.05, 4.69) is 20.3 Å². The van der Waals surface area contributed by atoms with Crippen molar-refractivity contribution in [1.82, 2.24) is 15.0 Å². The number of primary sulfonamides is 1. The summed E-state index contributed by atoms with van der Waals surface area (Å²) < 4.78 is 37.2. The third-order valence-electron chi connectivity index (χ3n) is 4.73. The maximum atomic E-state index is 13.3. The summed E-state index contributed by atoms with van der Waals surface area (Å²) in [4.78, 5) is 14.8. The maximum absolute atomic E-state index is 13.3. The Balaban J connectivity index is 1.63. The molecule has 0 aliphatic carbocycles. The van der Waals surface area contributed by atoms with E-state index in [0.717, 1.165) is 5.56 Å². The first-order chi connectivity index (χ1) is 13.8. The highest BCUT2D eigenvalue weighted by Crippen LogP contribution is 2.39. The topological polar surface area (TPSA) is 114 Å². The fraction of sp³-hybridized carbons (Fsp3) is 0.211. The van der Waals surface area contributed by atoms with Crippen LogP contribution in [-0.2, 0) is 23.0 Å². The molecule has 0 radical (unpaired) electrons. The number of nitrogens with two attached hydrogens (primary N) is 1. The first-order valence-electron chi connectivity index (χ1n) is 8.94.